The highest BCUT2D eigenvalue weighted by atomic mass is 19.1. The van der Waals surface area contributed by atoms with Crippen LogP contribution in [0.4, 0.5) is 4.39 Å². The molecule has 0 spiro atoms. The minimum atomic E-state index is -0.317. The Bertz CT molecular complexity index is 761. The quantitative estimate of drug-likeness (QED) is 0.426. The van der Waals surface area contributed by atoms with Gasteiger partial charge in [0.25, 0.3) is 0 Å². The maximum atomic E-state index is 14.0. The Balaban J connectivity index is 1.74. The zero-order chi connectivity index (χ0) is 16.8. The molecule has 1 saturated heterocycles. The number of hydrogen-bond donors (Lipinski definition) is 0. The van der Waals surface area contributed by atoms with Crippen LogP contribution in [-0.4, -0.2) is 12.1 Å². The maximum absolute atomic E-state index is 14.0. The van der Waals surface area contributed by atoms with Crippen molar-refractivity contribution in [2.75, 3.05) is 0 Å². The van der Waals surface area contributed by atoms with Crippen LogP contribution in [0.15, 0.2) is 54.1 Å². The second-order valence-corrected chi connectivity index (χ2v) is 7.12. The minimum absolute atomic E-state index is 0.00120. The van der Waals surface area contributed by atoms with E-state index >= 15 is 0 Å². The fraction of sp³-hybridized carbons (Fsp3) is 0.381. The van der Waals surface area contributed by atoms with Crippen LogP contribution < -0.4 is 0 Å². The van der Waals surface area contributed by atoms with E-state index in [1.165, 1.54) is 11.6 Å². The van der Waals surface area contributed by atoms with Gasteiger partial charge in [-0.3, -0.25) is 0 Å². The molecule has 0 aromatic heterocycles. The summed E-state index contributed by atoms with van der Waals surface area (Å²) in [4.78, 5) is 12.5. The number of benzene rings is 1. The molecule has 0 unspecified atom stereocenters. The van der Waals surface area contributed by atoms with Crippen LogP contribution >= 0.6 is 0 Å². The van der Waals surface area contributed by atoms with Crippen molar-refractivity contribution in [3.05, 3.63) is 65.5 Å². The van der Waals surface area contributed by atoms with Crippen LogP contribution in [0.1, 0.15) is 31.2 Å². The Morgan fingerprint density at radius 2 is 1.79 bits per heavy atom. The van der Waals surface area contributed by atoms with Gasteiger partial charge in [-0.25, -0.2) is 9.18 Å². The van der Waals surface area contributed by atoms with Gasteiger partial charge in [0.15, 0.2) is 0 Å². The third kappa shape index (κ3) is 2.34. The van der Waals surface area contributed by atoms with Crippen molar-refractivity contribution in [1.82, 2.24) is 0 Å². The third-order valence-electron chi connectivity index (χ3n) is 5.83. The molecule has 3 fully saturated rings. The molecule has 4 atom stereocenters. The molecule has 0 amide bonds. The van der Waals surface area contributed by atoms with Gasteiger partial charge in [0.05, 0.1) is 0 Å². The van der Waals surface area contributed by atoms with Crippen molar-refractivity contribution in [2.24, 2.45) is 17.8 Å². The predicted molar refractivity (Wildman–Crippen MR) is 91.5 cm³/mol. The topological polar surface area (TPSA) is 26.3 Å². The zero-order valence-electron chi connectivity index (χ0n) is 13.6. The Labute approximate surface area is 141 Å². The fourth-order valence-electron chi connectivity index (χ4n) is 4.59. The van der Waals surface area contributed by atoms with E-state index in [2.05, 4.69) is 13.2 Å². The minimum Gasteiger partial charge on any atom is -0.458 e. The van der Waals surface area contributed by atoms with Gasteiger partial charge >= 0.3 is 5.97 Å². The lowest BCUT2D eigenvalue weighted by atomic mass is 9.81. The predicted octanol–water partition coefficient (Wildman–Crippen LogP) is 4.68. The number of fused-ring (bicyclic) bond motifs is 3. The molecule has 1 aromatic carbocycles. The molecule has 2 nitrogen and oxygen atoms in total. The monoisotopic (exact) mass is 324 g/mol. The van der Waals surface area contributed by atoms with Gasteiger partial charge in [0.2, 0.25) is 0 Å². The van der Waals surface area contributed by atoms with E-state index in [0.717, 1.165) is 31.3 Å². The molecule has 24 heavy (non-hydrogen) atoms. The van der Waals surface area contributed by atoms with Crippen molar-refractivity contribution < 1.29 is 13.9 Å². The lowest BCUT2D eigenvalue weighted by molar-refractivity contribution is -0.140. The molecule has 124 valence electrons. The van der Waals surface area contributed by atoms with E-state index in [1.54, 1.807) is 24.3 Å². The van der Waals surface area contributed by atoms with E-state index in [1.807, 2.05) is 0 Å². The molecule has 2 saturated carbocycles. The first kappa shape index (κ1) is 15.4. The Kier molecular flexibility index (Phi) is 3.67. The average molecular weight is 324 g/mol. The third-order valence-corrected chi connectivity index (χ3v) is 5.83. The highest BCUT2D eigenvalue weighted by molar-refractivity contribution is 5.96. The van der Waals surface area contributed by atoms with Crippen LogP contribution in [0, 0.1) is 23.6 Å². The first-order valence-electron chi connectivity index (χ1n) is 8.58. The normalized spacial score (nSPS) is 34.0. The molecule has 1 heterocycles. The molecular formula is C21H21FO2. The molecular weight excluding hydrogens is 303 g/mol. The second-order valence-electron chi connectivity index (χ2n) is 7.12. The summed E-state index contributed by atoms with van der Waals surface area (Å²) >= 11 is 0. The number of esters is 1. The van der Waals surface area contributed by atoms with Gasteiger partial charge < -0.3 is 4.74 Å². The summed E-state index contributed by atoms with van der Waals surface area (Å²) in [6, 6.07) is 6.52. The van der Waals surface area contributed by atoms with Crippen molar-refractivity contribution in [3.8, 4) is 0 Å². The van der Waals surface area contributed by atoms with Gasteiger partial charge in [-0.1, -0.05) is 42.5 Å². The first-order valence-corrected chi connectivity index (χ1v) is 8.58. The molecule has 3 heteroatoms. The Morgan fingerprint density at radius 1 is 1.08 bits per heavy atom. The fourth-order valence-corrected chi connectivity index (χ4v) is 4.59. The van der Waals surface area contributed by atoms with Gasteiger partial charge in [0.1, 0.15) is 11.9 Å². The van der Waals surface area contributed by atoms with Gasteiger partial charge in [0, 0.05) is 23.0 Å². The molecule has 1 aromatic rings. The van der Waals surface area contributed by atoms with Gasteiger partial charge in [-0.15, -0.1) is 0 Å². The summed E-state index contributed by atoms with van der Waals surface area (Å²) in [5, 5.41) is 0. The van der Waals surface area contributed by atoms with Gasteiger partial charge in [-0.2, -0.15) is 0 Å². The number of allylic oxidation sites excluding steroid dienone is 1. The van der Waals surface area contributed by atoms with E-state index in [0.29, 0.717) is 17.1 Å². The summed E-state index contributed by atoms with van der Waals surface area (Å²) < 4.78 is 19.8. The largest absolute Gasteiger partial charge is 0.458 e. The summed E-state index contributed by atoms with van der Waals surface area (Å²) in [5.41, 5.74) is 3.44. The number of carbonyl (C=O) groups is 1. The van der Waals surface area contributed by atoms with E-state index in [-0.39, 0.29) is 29.7 Å². The molecule has 3 aliphatic rings. The maximum Gasteiger partial charge on any atom is 0.334 e. The van der Waals surface area contributed by atoms with Crippen molar-refractivity contribution in [1.29, 1.82) is 0 Å². The highest BCUT2D eigenvalue weighted by Gasteiger charge is 2.51. The number of carbonyl (C=O) groups excluding carboxylic acids is 1. The smallest absolute Gasteiger partial charge is 0.334 e. The van der Waals surface area contributed by atoms with E-state index in [4.69, 9.17) is 4.74 Å². The Hall–Kier alpha value is -2.16. The summed E-state index contributed by atoms with van der Waals surface area (Å²) in [5.74, 6) is -0.0889. The van der Waals surface area contributed by atoms with Crippen LogP contribution in [0.3, 0.4) is 0 Å². The zero-order valence-corrected chi connectivity index (χ0v) is 13.6. The summed E-state index contributed by atoms with van der Waals surface area (Å²) in [6.45, 7) is 8.47. The van der Waals surface area contributed by atoms with Crippen molar-refractivity contribution >= 4 is 12.0 Å². The number of ether oxygens (including phenoxy) is 1. The number of halogens is 1. The SMILES string of the molecule is C=C1CC[C@H]2C(=C)CC[C@H]3/C(=C\c4ccccc4F)C(=O)O[C@@H]3[C@@H]12. The van der Waals surface area contributed by atoms with E-state index in [9.17, 15) is 9.18 Å². The highest BCUT2D eigenvalue weighted by Crippen LogP contribution is 2.52. The Morgan fingerprint density at radius 3 is 2.58 bits per heavy atom. The molecule has 4 rings (SSSR count). The molecule has 1 aliphatic heterocycles. The number of hydrogen-bond acceptors (Lipinski definition) is 2. The molecule has 0 N–H and O–H groups in total. The second kappa shape index (κ2) is 5.73. The van der Waals surface area contributed by atoms with Crippen LogP contribution in [0.5, 0.6) is 0 Å². The lowest BCUT2D eigenvalue weighted by Gasteiger charge is -2.26. The number of rotatable bonds is 1. The molecule has 0 radical (unpaired) electrons. The van der Waals surface area contributed by atoms with Crippen molar-refractivity contribution in [2.45, 2.75) is 31.8 Å². The molecule has 0 bridgehead atoms. The van der Waals surface area contributed by atoms with Crippen molar-refractivity contribution in [3.63, 3.8) is 0 Å². The lowest BCUT2D eigenvalue weighted by Crippen LogP contribution is -2.28. The summed E-state index contributed by atoms with van der Waals surface area (Å²) in [6.07, 6.45) is 5.24. The van der Waals surface area contributed by atoms with Crippen LogP contribution in [0.2, 0.25) is 0 Å². The van der Waals surface area contributed by atoms with Gasteiger partial charge in [-0.05, 0) is 43.7 Å². The van der Waals surface area contributed by atoms with Crippen LogP contribution in [-0.2, 0) is 9.53 Å². The first-order chi connectivity index (χ1) is 11.6. The van der Waals surface area contributed by atoms with E-state index < -0.39 is 0 Å². The standard InChI is InChI=1S/C21H21FO2/c1-12-7-10-16-17(11-14-5-3-4-6-18(14)22)21(23)24-20(16)19-13(2)8-9-15(12)19/h3-6,11,15-16,19-20H,1-2,7-10H2/b17-11+/t15-,16-,19-,20-/m0/s1. The summed E-state index contributed by atoms with van der Waals surface area (Å²) in [7, 11) is 0. The molecule has 2 aliphatic carbocycles. The van der Waals surface area contributed by atoms with Crippen LogP contribution in [0.25, 0.3) is 6.08 Å². The average Bonchev–Trinajstić information content (AvgIpc) is 3.04.